The quantitative estimate of drug-likeness (QED) is 0.751. The lowest BCUT2D eigenvalue weighted by molar-refractivity contribution is 0.227. The van der Waals surface area contributed by atoms with Gasteiger partial charge in [0.2, 0.25) is 0 Å². The molecule has 0 amide bonds. The number of nitrogens with one attached hydrogen (secondary N) is 1. The van der Waals surface area contributed by atoms with E-state index in [1.165, 1.54) is 25.7 Å². The Morgan fingerprint density at radius 2 is 2.00 bits per heavy atom. The molecule has 1 N–H and O–H groups in total. The summed E-state index contributed by atoms with van der Waals surface area (Å²) in [6.07, 6.45) is 6.60. The Morgan fingerprint density at radius 3 is 2.75 bits per heavy atom. The Hall–Kier alpha value is -1.02. The smallest absolute Gasteiger partial charge is 0.119 e. The van der Waals surface area contributed by atoms with Crippen LogP contribution in [0.1, 0.15) is 46.0 Å². The molecule has 2 atom stereocenters. The van der Waals surface area contributed by atoms with E-state index in [4.69, 9.17) is 4.74 Å². The summed E-state index contributed by atoms with van der Waals surface area (Å²) >= 11 is 0. The highest BCUT2D eigenvalue weighted by Crippen LogP contribution is 2.29. The number of ether oxygens (including phenoxy) is 1. The molecule has 0 bridgehead atoms. The Bertz CT molecular complexity index is 363. The van der Waals surface area contributed by atoms with E-state index in [-0.39, 0.29) is 0 Å². The molecule has 112 valence electrons. The van der Waals surface area contributed by atoms with Gasteiger partial charge in [0.25, 0.3) is 0 Å². The van der Waals surface area contributed by atoms with Crippen LogP contribution in [0.3, 0.4) is 0 Å². The topological polar surface area (TPSA) is 21.3 Å². The fourth-order valence-corrected chi connectivity index (χ4v) is 3.10. The molecular formula is C18H29NO. The second kappa shape index (κ2) is 8.31. The normalized spacial score (nSPS) is 22.9. The maximum atomic E-state index is 5.71. The van der Waals surface area contributed by atoms with Gasteiger partial charge in [0.05, 0.1) is 6.61 Å². The first-order valence-corrected chi connectivity index (χ1v) is 8.17. The van der Waals surface area contributed by atoms with Gasteiger partial charge in [-0.3, -0.25) is 0 Å². The molecular weight excluding hydrogens is 246 g/mol. The molecule has 0 aromatic heterocycles. The third-order valence-electron chi connectivity index (χ3n) is 4.42. The summed E-state index contributed by atoms with van der Waals surface area (Å²) in [6, 6.07) is 10.8. The molecule has 0 heterocycles. The van der Waals surface area contributed by atoms with Crippen LogP contribution in [-0.4, -0.2) is 19.2 Å². The van der Waals surface area contributed by atoms with Gasteiger partial charge >= 0.3 is 0 Å². The van der Waals surface area contributed by atoms with E-state index in [0.717, 1.165) is 43.2 Å². The van der Waals surface area contributed by atoms with Crippen LogP contribution in [0.4, 0.5) is 0 Å². The lowest BCUT2D eigenvalue weighted by atomic mass is 9.79. The second-order valence-electron chi connectivity index (χ2n) is 6.34. The van der Waals surface area contributed by atoms with Crippen molar-refractivity contribution in [3.63, 3.8) is 0 Å². The summed E-state index contributed by atoms with van der Waals surface area (Å²) in [7, 11) is 0. The second-order valence-corrected chi connectivity index (χ2v) is 6.34. The maximum absolute atomic E-state index is 5.71. The first-order valence-electron chi connectivity index (χ1n) is 8.17. The molecule has 2 heteroatoms. The van der Waals surface area contributed by atoms with Gasteiger partial charge in [-0.2, -0.15) is 0 Å². The van der Waals surface area contributed by atoms with E-state index in [1.807, 2.05) is 30.3 Å². The Balaban J connectivity index is 1.57. The lowest BCUT2D eigenvalue weighted by Gasteiger charge is -2.32. The standard InChI is InChI=1S/C18H29NO/c1-15(2)16-8-6-9-17(14-16)19-12-7-13-20-18-10-4-3-5-11-18/h3-5,10-11,15-17,19H,6-9,12-14H2,1-2H3. The Labute approximate surface area is 123 Å². The SMILES string of the molecule is CC(C)C1CCCC(NCCCOc2ccccc2)C1. The summed E-state index contributed by atoms with van der Waals surface area (Å²) in [5.74, 6) is 2.73. The van der Waals surface area contributed by atoms with E-state index in [0.29, 0.717) is 0 Å². The summed E-state index contributed by atoms with van der Waals surface area (Å²) in [6.45, 7) is 6.60. The van der Waals surface area contributed by atoms with Gasteiger partial charge in [-0.25, -0.2) is 0 Å². The van der Waals surface area contributed by atoms with Crippen LogP contribution in [-0.2, 0) is 0 Å². The van der Waals surface area contributed by atoms with Crippen molar-refractivity contribution in [3.05, 3.63) is 30.3 Å². The van der Waals surface area contributed by atoms with Crippen LogP contribution in [0.2, 0.25) is 0 Å². The molecule has 20 heavy (non-hydrogen) atoms. The van der Waals surface area contributed by atoms with Crippen LogP contribution in [0.25, 0.3) is 0 Å². The van der Waals surface area contributed by atoms with Crippen molar-refractivity contribution in [3.8, 4) is 5.75 Å². The van der Waals surface area contributed by atoms with E-state index in [2.05, 4.69) is 19.2 Å². The van der Waals surface area contributed by atoms with Crippen molar-refractivity contribution < 1.29 is 4.74 Å². The minimum Gasteiger partial charge on any atom is -0.494 e. The highest BCUT2D eigenvalue weighted by Gasteiger charge is 2.23. The first kappa shape index (κ1) is 15.4. The van der Waals surface area contributed by atoms with E-state index < -0.39 is 0 Å². The van der Waals surface area contributed by atoms with Crippen molar-refractivity contribution in [2.24, 2.45) is 11.8 Å². The van der Waals surface area contributed by atoms with Gasteiger partial charge in [-0.15, -0.1) is 0 Å². The van der Waals surface area contributed by atoms with E-state index >= 15 is 0 Å². The average Bonchev–Trinajstić information content (AvgIpc) is 2.48. The predicted octanol–water partition coefficient (Wildman–Crippen LogP) is 4.26. The van der Waals surface area contributed by atoms with Gasteiger partial charge < -0.3 is 10.1 Å². The molecule has 0 aliphatic heterocycles. The minimum absolute atomic E-state index is 0.730. The Kier molecular flexibility index (Phi) is 6.38. The zero-order valence-electron chi connectivity index (χ0n) is 13.0. The Morgan fingerprint density at radius 1 is 1.20 bits per heavy atom. The van der Waals surface area contributed by atoms with Gasteiger partial charge in [0.1, 0.15) is 5.75 Å². The van der Waals surface area contributed by atoms with E-state index in [9.17, 15) is 0 Å². The number of hydrogen-bond acceptors (Lipinski definition) is 2. The first-order chi connectivity index (χ1) is 9.75. The molecule has 1 aliphatic carbocycles. The van der Waals surface area contributed by atoms with Gasteiger partial charge in [0.15, 0.2) is 0 Å². The maximum Gasteiger partial charge on any atom is 0.119 e. The highest BCUT2D eigenvalue weighted by atomic mass is 16.5. The lowest BCUT2D eigenvalue weighted by Crippen LogP contribution is -2.36. The molecule has 2 rings (SSSR count). The van der Waals surface area contributed by atoms with Crippen molar-refractivity contribution in [1.29, 1.82) is 0 Å². The molecule has 1 aromatic carbocycles. The third-order valence-corrected chi connectivity index (χ3v) is 4.42. The molecule has 1 fully saturated rings. The van der Waals surface area contributed by atoms with Crippen molar-refractivity contribution in [2.45, 2.75) is 52.0 Å². The summed E-state index contributed by atoms with van der Waals surface area (Å²) < 4.78 is 5.71. The van der Waals surface area contributed by atoms with Crippen LogP contribution in [0.5, 0.6) is 5.75 Å². The molecule has 0 spiro atoms. The van der Waals surface area contributed by atoms with Crippen molar-refractivity contribution in [1.82, 2.24) is 5.32 Å². The van der Waals surface area contributed by atoms with Crippen molar-refractivity contribution >= 4 is 0 Å². The fraction of sp³-hybridized carbons (Fsp3) is 0.667. The minimum atomic E-state index is 0.730. The molecule has 0 saturated heterocycles. The van der Waals surface area contributed by atoms with Crippen LogP contribution in [0.15, 0.2) is 30.3 Å². The number of hydrogen-bond donors (Lipinski definition) is 1. The van der Waals surface area contributed by atoms with Gasteiger partial charge in [-0.05, 0) is 49.8 Å². The molecule has 1 aromatic rings. The molecule has 0 radical (unpaired) electrons. The monoisotopic (exact) mass is 275 g/mol. The third kappa shape index (κ3) is 5.16. The van der Waals surface area contributed by atoms with Crippen LogP contribution < -0.4 is 10.1 Å². The summed E-state index contributed by atoms with van der Waals surface area (Å²) in [4.78, 5) is 0. The summed E-state index contributed by atoms with van der Waals surface area (Å²) in [5, 5.41) is 3.71. The summed E-state index contributed by atoms with van der Waals surface area (Å²) in [5.41, 5.74) is 0. The molecule has 1 saturated carbocycles. The average molecular weight is 275 g/mol. The van der Waals surface area contributed by atoms with Crippen molar-refractivity contribution in [2.75, 3.05) is 13.2 Å². The number of para-hydroxylation sites is 1. The largest absolute Gasteiger partial charge is 0.494 e. The van der Waals surface area contributed by atoms with Gasteiger partial charge in [0, 0.05) is 6.04 Å². The van der Waals surface area contributed by atoms with Crippen LogP contribution in [0, 0.1) is 11.8 Å². The predicted molar refractivity (Wildman–Crippen MR) is 85.1 cm³/mol. The van der Waals surface area contributed by atoms with Crippen LogP contribution >= 0.6 is 0 Å². The molecule has 1 aliphatic rings. The van der Waals surface area contributed by atoms with Gasteiger partial charge in [-0.1, -0.05) is 44.9 Å². The molecule has 2 unspecified atom stereocenters. The number of benzene rings is 1. The number of rotatable bonds is 7. The van der Waals surface area contributed by atoms with E-state index in [1.54, 1.807) is 0 Å². The zero-order valence-corrected chi connectivity index (χ0v) is 13.0. The zero-order chi connectivity index (χ0) is 14.2. The highest BCUT2D eigenvalue weighted by molar-refractivity contribution is 5.20. The fourth-order valence-electron chi connectivity index (χ4n) is 3.10. The molecule has 2 nitrogen and oxygen atoms in total.